The quantitative estimate of drug-likeness (QED) is 0.838. The van der Waals surface area contributed by atoms with Gasteiger partial charge < -0.3 is 15.2 Å². The van der Waals surface area contributed by atoms with Crippen molar-refractivity contribution in [3.05, 3.63) is 30.5 Å². The van der Waals surface area contributed by atoms with Crippen LogP contribution in [0.4, 0.5) is 5.82 Å². The number of anilines is 1. The number of hydrogen-bond acceptors (Lipinski definition) is 4. The summed E-state index contributed by atoms with van der Waals surface area (Å²) >= 11 is 0. The fraction of sp³-hybridized carbons (Fsp3) is 0.400. The molecule has 0 aliphatic rings. The zero-order valence-electron chi connectivity index (χ0n) is 11.4. The molecule has 102 valence electrons. The Hall–Kier alpha value is -1.81. The van der Waals surface area contributed by atoms with Gasteiger partial charge in [-0.25, -0.2) is 4.98 Å². The maximum absolute atomic E-state index is 9.54. The smallest absolute Gasteiger partial charge is 0.133 e. The van der Waals surface area contributed by atoms with Gasteiger partial charge in [0, 0.05) is 18.1 Å². The van der Waals surface area contributed by atoms with Crippen molar-refractivity contribution in [2.45, 2.75) is 25.9 Å². The predicted molar refractivity (Wildman–Crippen MR) is 77.7 cm³/mol. The van der Waals surface area contributed by atoms with Crippen molar-refractivity contribution in [3.63, 3.8) is 0 Å². The van der Waals surface area contributed by atoms with E-state index in [1.165, 1.54) is 0 Å². The molecule has 0 amide bonds. The highest BCUT2D eigenvalue weighted by Gasteiger charge is 2.05. The molecule has 19 heavy (non-hydrogen) atoms. The van der Waals surface area contributed by atoms with E-state index in [1.807, 2.05) is 31.2 Å². The lowest BCUT2D eigenvalue weighted by Gasteiger charge is -2.11. The minimum atomic E-state index is -0.248. The van der Waals surface area contributed by atoms with Crippen molar-refractivity contribution in [2.75, 3.05) is 19.0 Å². The number of nitrogens with zero attached hydrogens (tertiary/aromatic N) is 1. The molecule has 2 rings (SSSR count). The summed E-state index contributed by atoms with van der Waals surface area (Å²) in [4.78, 5) is 4.35. The monoisotopic (exact) mass is 260 g/mol. The number of methoxy groups -OCH3 is 1. The molecule has 4 nitrogen and oxygen atoms in total. The van der Waals surface area contributed by atoms with E-state index >= 15 is 0 Å². The summed E-state index contributed by atoms with van der Waals surface area (Å²) in [6.45, 7) is 2.69. The molecule has 1 aromatic heterocycles. The highest BCUT2D eigenvalue weighted by atomic mass is 16.5. The Bertz CT molecular complexity index is 543. The van der Waals surface area contributed by atoms with Gasteiger partial charge in [0.25, 0.3) is 0 Å². The third-order valence-corrected chi connectivity index (χ3v) is 3.21. The second kappa shape index (κ2) is 6.38. The Balaban J connectivity index is 2.14. The number of aliphatic hydroxyl groups excluding tert-OH is 1. The minimum Gasteiger partial charge on any atom is -0.497 e. The molecule has 0 bridgehead atoms. The Morgan fingerprint density at radius 3 is 2.95 bits per heavy atom. The second-order valence-corrected chi connectivity index (χ2v) is 4.52. The van der Waals surface area contributed by atoms with Crippen LogP contribution in [0.5, 0.6) is 5.75 Å². The van der Waals surface area contributed by atoms with E-state index in [0.29, 0.717) is 6.54 Å². The van der Waals surface area contributed by atoms with Crippen LogP contribution in [0.2, 0.25) is 0 Å². The van der Waals surface area contributed by atoms with E-state index in [-0.39, 0.29) is 6.10 Å². The maximum Gasteiger partial charge on any atom is 0.133 e. The SMILES string of the molecule is CCC(O)CCNc1nccc2cc(OC)ccc12. The number of fused-ring (bicyclic) bond motifs is 1. The zero-order chi connectivity index (χ0) is 13.7. The molecule has 1 heterocycles. The van der Waals surface area contributed by atoms with Crippen molar-refractivity contribution in [1.82, 2.24) is 4.98 Å². The first-order valence-corrected chi connectivity index (χ1v) is 6.59. The number of nitrogens with one attached hydrogen (secondary N) is 1. The normalized spacial score (nSPS) is 12.4. The number of aromatic nitrogens is 1. The van der Waals surface area contributed by atoms with E-state index in [2.05, 4.69) is 10.3 Å². The Morgan fingerprint density at radius 2 is 2.21 bits per heavy atom. The van der Waals surface area contributed by atoms with Gasteiger partial charge in [0.2, 0.25) is 0 Å². The average Bonchev–Trinajstić information content (AvgIpc) is 2.46. The molecule has 1 unspecified atom stereocenters. The van der Waals surface area contributed by atoms with Crippen molar-refractivity contribution >= 4 is 16.6 Å². The lowest BCUT2D eigenvalue weighted by molar-refractivity contribution is 0.164. The van der Waals surface area contributed by atoms with Gasteiger partial charge in [-0.15, -0.1) is 0 Å². The van der Waals surface area contributed by atoms with Gasteiger partial charge in [0.15, 0.2) is 0 Å². The average molecular weight is 260 g/mol. The van der Waals surface area contributed by atoms with Crippen molar-refractivity contribution in [2.24, 2.45) is 0 Å². The van der Waals surface area contributed by atoms with E-state index in [4.69, 9.17) is 4.74 Å². The molecule has 1 aromatic carbocycles. The first-order valence-electron chi connectivity index (χ1n) is 6.59. The van der Waals surface area contributed by atoms with Gasteiger partial charge in [-0.1, -0.05) is 6.92 Å². The third-order valence-electron chi connectivity index (χ3n) is 3.21. The van der Waals surface area contributed by atoms with Crippen LogP contribution >= 0.6 is 0 Å². The van der Waals surface area contributed by atoms with Crippen LogP contribution in [0.3, 0.4) is 0 Å². The lowest BCUT2D eigenvalue weighted by atomic mass is 10.1. The molecule has 0 fully saturated rings. The van der Waals surface area contributed by atoms with Crippen LogP contribution < -0.4 is 10.1 Å². The van der Waals surface area contributed by atoms with E-state index in [9.17, 15) is 5.11 Å². The van der Waals surface area contributed by atoms with Crippen LogP contribution in [-0.4, -0.2) is 29.8 Å². The summed E-state index contributed by atoms with van der Waals surface area (Å²) in [6, 6.07) is 7.88. The summed E-state index contributed by atoms with van der Waals surface area (Å²) in [5.41, 5.74) is 0. The number of pyridine rings is 1. The van der Waals surface area contributed by atoms with Crippen molar-refractivity contribution < 1.29 is 9.84 Å². The fourth-order valence-electron chi connectivity index (χ4n) is 1.99. The highest BCUT2D eigenvalue weighted by molar-refractivity contribution is 5.92. The maximum atomic E-state index is 9.54. The molecule has 0 radical (unpaired) electrons. The summed E-state index contributed by atoms with van der Waals surface area (Å²) in [5, 5.41) is 15.0. The third kappa shape index (κ3) is 3.35. The Morgan fingerprint density at radius 1 is 1.37 bits per heavy atom. The largest absolute Gasteiger partial charge is 0.497 e. The standard InChI is InChI=1S/C15H20N2O2/c1-3-12(18)7-9-17-15-14-5-4-13(19-2)10-11(14)6-8-16-15/h4-6,8,10,12,18H,3,7,9H2,1-2H3,(H,16,17). The summed E-state index contributed by atoms with van der Waals surface area (Å²) in [5.74, 6) is 1.69. The van der Waals surface area contributed by atoms with Gasteiger partial charge >= 0.3 is 0 Å². The van der Waals surface area contributed by atoms with Crippen LogP contribution in [0.25, 0.3) is 10.8 Å². The van der Waals surface area contributed by atoms with Crippen LogP contribution in [0.15, 0.2) is 30.5 Å². The topological polar surface area (TPSA) is 54.4 Å². The van der Waals surface area contributed by atoms with Crippen LogP contribution in [0.1, 0.15) is 19.8 Å². The van der Waals surface area contributed by atoms with Gasteiger partial charge in [-0.3, -0.25) is 0 Å². The molecule has 0 aliphatic heterocycles. The molecule has 2 aromatic rings. The summed E-state index contributed by atoms with van der Waals surface area (Å²) < 4.78 is 5.22. The highest BCUT2D eigenvalue weighted by Crippen LogP contribution is 2.25. The zero-order valence-corrected chi connectivity index (χ0v) is 11.4. The first kappa shape index (κ1) is 13.6. The number of aliphatic hydroxyl groups is 1. The Labute approximate surface area is 113 Å². The van der Waals surface area contributed by atoms with Gasteiger partial charge in [0.1, 0.15) is 11.6 Å². The van der Waals surface area contributed by atoms with Crippen LogP contribution in [0, 0.1) is 0 Å². The summed E-state index contributed by atoms with van der Waals surface area (Å²) in [7, 11) is 1.66. The molecule has 2 N–H and O–H groups in total. The molecule has 0 spiro atoms. The van der Waals surface area contributed by atoms with Crippen LogP contribution in [-0.2, 0) is 0 Å². The van der Waals surface area contributed by atoms with Crippen molar-refractivity contribution in [3.8, 4) is 5.75 Å². The molecule has 1 atom stereocenters. The Kier molecular flexibility index (Phi) is 4.58. The number of ether oxygens (including phenoxy) is 1. The predicted octanol–water partition coefficient (Wildman–Crippen LogP) is 2.82. The van der Waals surface area contributed by atoms with Crippen molar-refractivity contribution in [1.29, 1.82) is 0 Å². The number of rotatable bonds is 6. The molecule has 0 saturated carbocycles. The van der Waals surface area contributed by atoms with Gasteiger partial charge in [-0.05, 0) is 42.5 Å². The lowest BCUT2D eigenvalue weighted by Crippen LogP contribution is -2.12. The van der Waals surface area contributed by atoms with E-state index in [1.54, 1.807) is 13.3 Å². The summed E-state index contributed by atoms with van der Waals surface area (Å²) in [6.07, 6.45) is 3.04. The molecule has 4 heteroatoms. The van der Waals surface area contributed by atoms with Gasteiger partial charge in [0.05, 0.1) is 13.2 Å². The minimum absolute atomic E-state index is 0.248. The second-order valence-electron chi connectivity index (χ2n) is 4.52. The number of hydrogen-bond donors (Lipinski definition) is 2. The molecular weight excluding hydrogens is 240 g/mol. The molecule has 0 aliphatic carbocycles. The first-order chi connectivity index (χ1) is 9.24. The molecular formula is C15H20N2O2. The number of benzene rings is 1. The molecule has 0 saturated heterocycles. The van der Waals surface area contributed by atoms with E-state index in [0.717, 1.165) is 35.2 Å². The fourth-order valence-corrected chi connectivity index (χ4v) is 1.99. The van der Waals surface area contributed by atoms with Gasteiger partial charge in [-0.2, -0.15) is 0 Å². The van der Waals surface area contributed by atoms with E-state index < -0.39 is 0 Å².